The summed E-state index contributed by atoms with van der Waals surface area (Å²) >= 11 is 7.07. The second kappa shape index (κ2) is 5.38. The van der Waals surface area contributed by atoms with E-state index in [1.165, 1.54) is 13.1 Å². The number of benzene rings is 1. The predicted octanol–water partition coefficient (Wildman–Crippen LogP) is 5.25. The first-order chi connectivity index (χ1) is 11.6. The van der Waals surface area contributed by atoms with E-state index in [4.69, 9.17) is 0 Å². The normalized spacial score (nSPS) is 18.0. The molecule has 2 aromatic heterocycles. The number of rotatable bonds is 0. The second-order valence-corrected chi connectivity index (χ2v) is 31.0. The van der Waals surface area contributed by atoms with Gasteiger partial charge in [-0.1, -0.05) is 0 Å². The van der Waals surface area contributed by atoms with Crippen LogP contribution in [-0.4, -0.2) is 26.5 Å². The van der Waals surface area contributed by atoms with E-state index < -0.39 is 26.5 Å². The fourth-order valence-electron chi connectivity index (χ4n) is 4.74. The monoisotopic (exact) mass is 616 g/mol. The summed E-state index contributed by atoms with van der Waals surface area (Å²) in [6.45, 7) is 2.31. The third-order valence-corrected chi connectivity index (χ3v) is 25.7. The molecule has 0 spiro atoms. The predicted molar refractivity (Wildman–Crippen MR) is 127 cm³/mol. The maximum atomic E-state index is 3.81. The molecule has 0 amide bonds. The molecule has 128 valence electrons. The molecule has 0 saturated heterocycles. The molecular weight excluding hydrogens is 597 g/mol. The van der Waals surface area contributed by atoms with E-state index in [1.807, 2.05) is 22.7 Å². The summed E-state index contributed by atoms with van der Waals surface area (Å²) in [6, 6.07) is 7.65. The van der Waals surface area contributed by atoms with Gasteiger partial charge in [-0.3, -0.25) is 0 Å². The van der Waals surface area contributed by atoms with E-state index in [-0.39, 0.29) is 0 Å². The third-order valence-electron chi connectivity index (χ3n) is 6.08. The Bertz CT molecular complexity index is 1090. The van der Waals surface area contributed by atoms with Crippen molar-refractivity contribution in [3.63, 3.8) is 0 Å². The molecular formula is C19H18Br2Ge2S2. The molecule has 0 aliphatic carbocycles. The minimum atomic E-state index is -2.21. The summed E-state index contributed by atoms with van der Waals surface area (Å²) in [5.74, 6) is 10.3. The van der Waals surface area contributed by atoms with Crippen molar-refractivity contribution in [3.8, 4) is 20.9 Å². The number of hydrogen-bond acceptors (Lipinski definition) is 2. The zero-order valence-electron chi connectivity index (χ0n) is 14.8. The van der Waals surface area contributed by atoms with Gasteiger partial charge in [0.2, 0.25) is 0 Å². The number of fused-ring (bicyclic) bond motifs is 6. The van der Waals surface area contributed by atoms with Crippen LogP contribution < -0.4 is 17.6 Å². The van der Waals surface area contributed by atoms with Crippen molar-refractivity contribution in [2.45, 2.75) is 29.9 Å². The molecule has 0 saturated carbocycles. The Kier molecular flexibility index (Phi) is 3.82. The average Bonchev–Trinajstić information content (AvgIpc) is 3.17. The molecule has 2 aliphatic heterocycles. The SMILES string of the molecule is Cc1c(Br)sc2[c]1[Ge]([CH3])([CH3])[c]1cc3[c](cc1-2)[Ge]([CH3])([CH3])[c]1cc(Br)sc1-3. The first-order valence-corrected chi connectivity index (χ1v) is 24.2. The zero-order valence-corrected chi connectivity index (χ0v) is 23.8. The van der Waals surface area contributed by atoms with Crippen molar-refractivity contribution in [2.24, 2.45) is 0 Å². The van der Waals surface area contributed by atoms with Crippen LogP contribution in [0.3, 0.4) is 0 Å². The van der Waals surface area contributed by atoms with Gasteiger partial charge < -0.3 is 0 Å². The van der Waals surface area contributed by atoms with Gasteiger partial charge in [-0.05, 0) is 0 Å². The molecule has 0 N–H and O–H groups in total. The molecule has 0 fully saturated rings. The van der Waals surface area contributed by atoms with Gasteiger partial charge in [0.1, 0.15) is 0 Å². The Morgan fingerprint density at radius 3 is 2.04 bits per heavy atom. The summed E-state index contributed by atoms with van der Waals surface area (Å²) in [5, 5.41) is 0. The third kappa shape index (κ3) is 2.16. The second-order valence-electron chi connectivity index (χ2n) is 8.19. The van der Waals surface area contributed by atoms with Crippen LogP contribution in [0.4, 0.5) is 0 Å². The molecule has 0 nitrogen and oxygen atoms in total. The van der Waals surface area contributed by atoms with Crippen molar-refractivity contribution in [2.75, 3.05) is 0 Å². The molecule has 3 aromatic rings. The van der Waals surface area contributed by atoms with E-state index in [1.54, 1.807) is 38.5 Å². The van der Waals surface area contributed by atoms with Gasteiger partial charge >= 0.3 is 181 Å². The van der Waals surface area contributed by atoms with E-state index in [0.29, 0.717) is 0 Å². The van der Waals surface area contributed by atoms with Gasteiger partial charge in [-0.15, -0.1) is 0 Å². The van der Waals surface area contributed by atoms with Crippen LogP contribution >= 0.6 is 54.5 Å². The molecule has 0 radical (unpaired) electrons. The molecule has 1 aromatic carbocycles. The molecule has 0 atom stereocenters. The van der Waals surface area contributed by atoms with Gasteiger partial charge in [0.15, 0.2) is 0 Å². The average molecular weight is 616 g/mol. The van der Waals surface area contributed by atoms with E-state index >= 15 is 0 Å². The molecule has 25 heavy (non-hydrogen) atoms. The summed E-state index contributed by atoms with van der Waals surface area (Å²) in [6.07, 6.45) is 0. The fourth-order valence-corrected chi connectivity index (χ4v) is 26.0. The first-order valence-electron chi connectivity index (χ1n) is 8.43. The fraction of sp³-hybridized carbons (Fsp3) is 0.263. The van der Waals surface area contributed by atoms with Crippen molar-refractivity contribution in [1.82, 2.24) is 0 Å². The summed E-state index contributed by atoms with van der Waals surface area (Å²) < 4.78 is 9.41. The van der Waals surface area contributed by atoms with Crippen LogP contribution in [0.5, 0.6) is 0 Å². The van der Waals surface area contributed by atoms with Gasteiger partial charge in [0.05, 0.1) is 0 Å². The van der Waals surface area contributed by atoms with Crippen LogP contribution in [0, 0.1) is 6.92 Å². The van der Waals surface area contributed by atoms with Crippen molar-refractivity contribution < 1.29 is 0 Å². The summed E-state index contributed by atoms with van der Waals surface area (Å²) in [4.78, 5) is 3.13. The van der Waals surface area contributed by atoms with Gasteiger partial charge in [0, 0.05) is 0 Å². The maximum absolute atomic E-state index is 3.81. The van der Waals surface area contributed by atoms with E-state index in [9.17, 15) is 0 Å². The van der Waals surface area contributed by atoms with Gasteiger partial charge in [0.25, 0.3) is 0 Å². The van der Waals surface area contributed by atoms with Crippen LogP contribution in [0.1, 0.15) is 5.56 Å². The Balaban J connectivity index is 1.86. The van der Waals surface area contributed by atoms with Crippen LogP contribution in [-0.2, 0) is 0 Å². The summed E-state index contributed by atoms with van der Waals surface area (Å²) in [5.41, 5.74) is 4.65. The van der Waals surface area contributed by atoms with Gasteiger partial charge in [-0.2, -0.15) is 0 Å². The van der Waals surface area contributed by atoms with Crippen LogP contribution in [0.2, 0.25) is 23.0 Å². The number of halogens is 2. The molecule has 0 unspecified atom stereocenters. The molecule has 0 bridgehead atoms. The van der Waals surface area contributed by atoms with Crippen LogP contribution in [0.15, 0.2) is 25.8 Å². The quantitative estimate of drug-likeness (QED) is 0.304. The first kappa shape index (κ1) is 17.7. The zero-order chi connectivity index (χ0) is 17.9. The molecule has 6 heteroatoms. The standard InChI is InChI=1S/C19H18Br2Ge2S2/c1-9-16-18(25-19(9)21)11-7-12-10(6-13(11)23(16,4)5)17-14(22(12,2)3)8-15(20)24-17/h6-8H,1-5H3. The Labute approximate surface area is 179 Å². The van der Waals surface area contributed by atoms with Crippen molar-refractivity contribution in [3.05, 3.63) is 31.3 Å². The number of hydrogen-bond donors (Lipinski definition) is 0. The Morgan fingerprint density at radius 2 is 1.36 bits per heavy atom. The minimum absolute atomic E-state index is 1.29. The molecule has 2 aliphatic rings. The van der Waals surface area contributed by atoms with E-state index in [2.05, 4.69) is 80.0 Å². The summed E-state index contributed by atoms with van der Waals surface area (Å²) in [7, 11) is 0. The van der Waals surface area contributed by atoms with Gasteiger partial charge in [-0.25, -0.2) is 0 Å². The van der Waals surface area contributed by atoms with Crippen LogP contribution in [0.25, 0.3) is 20.9 Å². The Morgan fingerprint density at radius 1 is 0.760 bits per heavy atom. The number of thiophene rings is 2. The van der Waals surface area contributed by atoms with Crippen molar-refractivity contribution >= 4 is 98.6 Å². The molecule has 5 rings (SSSR count). The van der Waals surface area contributed by atoms with Crippen molar-refractivity contribution in [1.29, 1.82) is 0 Å². The Hall–Kier alpha value is 0.666. The molecule has 4 heterocycles. The van der Waals surface area contributed by atoms with E-state index in [0.717, 1.165) is 0 Å². The topological polar surface area (TPSA) is 0 Å².